The van der Waals surface area contributed by atoms with Gasteiger partial charge >= 0.3 is 0 Å². The monoisotopic (exact) mass is 318 g/mol. The molecule has 1 aromatic heterocycles. The number of rotatable bonds is 4. The minimum atomic E-state index is 0.0201. The number of benzene rings is 1. The van der Waals surface area contributed by atoms with E-state index in [1.807, 2.05) is 0 Å². The van der Waals surface area contributed by atoms with Crippen LogP contribution in [0.15, 0.2) is 29.2 Å². The second-order valence-electron chi connectivity index (χ2n) is 5.25. The molecule has 2 aromatic rings. The summed E-state index contributed by atoms with van der Waals surface area (Å²) in [4.78, 5) is 19.0. The van der Waals surface area contributed by atoms with E-state index in [0.29, 0.717) is 5.75 Å². The zero-order valence-corrected chi connectivity index (χ0v) is 13.6. The summed E-state index contributed by atoms with van der Waals surface area (Å²) in [5, 5.41) is 3.69. The van der Waals surface area contributed by atoms with Gasteiger partial charge in [0.1, 0.15) is 0 Å². The number of carbonyl (C=O) groups excluding carboxylic acids is 1. The van der Waals surface area contributed by atoms with E-state index in [0.717, 1.165) is 22.9 Å². The number of aryl methyl sites for hydroxylation is 3. The van der Waals surface area contributed by atoms with Gasteiger partial charge in [-0.25, -0.2) is 4.98 Å². The molecule has 0 atom stereocenters. The number of amides is 1. The minimum absolute atomic E-state index is 0.0201. The third-order valence-corrected chi connectivity index (χ3v) is 5.57. The van der Waals surface area contributed by atoms with Crippen molar-refractivity contribution in [2.45, 2.75) is 37.5 Å². The van der Waals surface area contributed by atoms with Crippen molar-refractivity contribution in [1.29, 1.82) is 0 Å². The highest BCUT2D eigenvalue weighted by Crippen LogP contribution is 2.29. The molecule has 1 heterocycles. The van der Waals surface area contributed by atoms with E-state index in [9.17, 15) is 4.79 Å². The van der Waals surface area contributed by atoms with Crippen LogP contribution in [0.2, 0.25) is 0 Å². The summed E-state index contributed by atoms with van der Waals surface area (Å²) in [7, 11) is 0. The van der Waals surface area contributed by atoms with E-state index >= 15 is 0 Å². The largest absolute Gasteiger partial charge is 0.301 e. The minimum Gasteiger partial charge on any atom is -0.301 e. The van der Waals surface area contributed by atoms with Gasteiger partial charge in [0.15, 0.2) is 5.13 Å². The van der Waals surface area contributed by atoms with Crippen LogP contribution in [0, 0.1) is 6.92 Å². The molecule has 1 aliphatic rings. The molecule has 5 heteroatoms. The highest BCUT2D eigenvalue weighted by molar-refractivity contribution is 8.00. The van der Waals surface area contributed by atoms with Gasteiger partial charge in [-0.1, -0.05) is 17.7 Å². The lowest BCUT2D eigenvalue weighted by molar-refractivity contribution is -0.113. The topological polar surface area (TPSA) is 42.0 Å². The van der Waals surface area contributed by atoms with E-state index in [-0.39, 0.29) is 5.91 Å². The summed E-state index contributed by atoms with van der Waals surface area (Å²) in [5.41, 5.74) is 2.42. The Morgan fingerprint density at radius 1 is 1.29 bits per heavy atom. The van der Waals surface area contributed by atoms with Crippen molar-refractivity contribution < 1.29 is 4.79 Å². The number of nitrogens with one attached hydrogen (secondary N) is 1. The number of anilines is 1. The maximum absolute atomic E-state index is 12.0. The van der Waals surface area contributed by atoms with Crippen LogP contribution in [0.1, 0.15) is 29.0 Å². The Morgan fingerprint density at radius 3 is 2.81 bits per heavy atom. The average molecular weight is 318 g/mol. The van der Waals surface area contributed by atoms with E-state index in [2.05, 4.69) is 41.5 Å². The van der Waals surface area contributed by atoms with Gasteiger partial charge in [-0.3, -0.25) is 4.79 Å². The van der Waals surface area contributed by atoms with E-state index in [1.54, 1.807) is 23.1 Å². The van der Waals surface area contributed by atoms with Gasteiger partial charge in [-0.15, -0.1) is 23.1 Å². The normalized spacial score (nSPS) is 13.8. The molecule has 1 aliphatic carbocycles. The van der Waals surface area contributed by atoms with Crippen LogP contribution in [0.25, 0.3) is 0 Å². The summed E-state index contributed by atoms with van der Waals surface area (Å²) in [6.45, 7) is 2.06. The van der Waals surface area contributed by atoms with Crippen molar-refractivity contribution in [3.8, 4) is 0 Å². The molecule has 0 unspecified atom stereocenters. The standard InChI is InChI=1S/C16H18N2OS2/c1-11-6-8-12(9-7-11)20-10-15(19)18-16-17-13-4-2-3-5-14(13)21-16/h6-9H,2-5,10H2,1H3,(H,17,18,19). The van der Waals surface area contributed by atoms with Crippen LogP contribution in [-0.4, -0.2) is 16.6 Å². The molecule has 0 radical (unpaired) electrons. The maximum atomic E-state index is 12.0. The highest BCUT2D eigenvalue weighted by Gasteiger charge is 2.16. The van der Waals surface area contributed by atoms with E-state index in [4.69, 9.17) is 0 Å². The molecule has 1 N–H and O–H groups in total. The fourth-order valence-corrected chi connectivity index (χ4v) is 4.11. The molecule has 0 saturated heterocycles. The fourth-order valence-electron chi connectivity index (χ4n) is 2.34. The van der Waals surface area contributed by atoms with Crippen molar-refractivity contribution >= 4 is 34.1 Å². The fraction of sp³-hybridized carbons (Fsp3) is 0.375. The second-order valence-corrected chi connectivity index (χ2v) is 7.38. The number of hydrogen-bond donors (Lipinski definition) is 1. The number of fused-ring (bicyclic) bond motifs is 1. The zero-order chi connectivity index (χ0) is 14.7. The summed E-state index contributed by atoms with van der Waals surface area (Å²) in [5.74, 6) is 0.444. The molecule has 21 heavy (non-hydrogen) atoms. The lowest BCUT2D eigenvalue weighted by Crippen LogP contribution is -2.13. The first kappa shape index (κ1) is 14.6. The van der Waals surface area contributed by atoms with Gasteiger partial charge in [0, 0.05) is 9.77 Å². The second kappa shape index (κ2) is 6.62. The van der Waals surface area contributed by atoms with Crippen molar-refractivity contribution in [2.24, 2.45) is 0 Å². The quantitative estimate of drug-likeness (QED) is 0.864. The first-order valence-corrected chi connectivity index (χ1v) is 8.99. The van der Waals surface area contributed by atoms with Crippen LogP contribution in [-0.2, 0) is 17.6 Å². The van der Waals surface area contributed by atoms with Crippen molar-refractivity contribution in [2.75, 3.05) is 11.1 Å². The Balaban J connectivity index is 1.54. The van der Waals surface area contributed by atoms with Crippen LogP contribution >= 0.6 is 23.1 Å². The van der Waals surface area contributed by atoms with Gasteiger partial charge in [0.2, 0.25) is 5.91 Å². The van der Waals surface area contributed by atoms with Crippen LogP contribution in [0.5, 0.6) is 0 Å². The first-order valence-electron chi connectivity index (χ1n) is 7.18. The molecule has 3 nitrogen and oxygen atoms in total. The Kier molecular flexibility index (Phi) is 4.60. The maximum Gasteiger partial charge on any atom is 0.236 e. The Labute approximate surface area is 133 Å². The Morgan fingerprint density at radius 2 is 2.05 bits per heavy atom. The van der Waals surface area contributed by atoms with Crippen molar-refractivity contribution in [1.82, 2.24) is 4.98 Å². The summed E-state index contributed by atoms with van der Waals surface area (Å²) < 4.78 is 0. The van der Waals surface area contributed by atoms with Crippen molar-refractivity contribution in [3.05, 3.63) is 40.4 Å². The Bertz CT molecular complexity index is 611. The van der Waals surface area contributed by atoms with Gasteiger partial charge < -0.3 is 5.32 Å². The molecule has 0 spiro atoms. The molecule has 1 amide bonds. The molecular weight excluding hydrogens is 300 g/mol. The zero-order valence-electron chi connectivity index (χ0n) is 12.0. The predicted octanol–water partition coefficient (Wildman–Crippen LogP) is 4.06. The number of thioether (sulfide) groups is 1. The molecular formula is C16H18N2OS2. The van der Waals surface area contributed by atoms with Gasteiger partial charge in [0.25, 0.3) is 0 Å². The molecule has 110 valence electrons. The van der Waals surface area contributed by atoms with Crippen LogP contribution < -0.4 is 5.32 Å². The van der Waals surface area contributed by atoms with Crippen LogP contribution in [0.3, 0.4) is 0 Å². The Hall–Kier alpha value is -1.33. The highest BCUT2D eigenvalue weighted by atomic mass is 32.2. The molecule has 0 saturated carbocycles. The average Bonchev–Trinajstić information content (AvgIpc) is 2.88. The molecule has 1 aromatic carbocycles. The number of nitrogens with zero attached hydrogens (tertiary/aromatic N) is 1. The van der Waals surface area contributed by atoms with E-state index < -0.39 is 0 Å². The SMILES string of the molecule is Cc1ccc(SCC(=O)Nc2nc3c(s2)CCCC3)cc1. The summed E-state index contributed by atoms with van der Waals surface area (Å²) >= 11 is 3.19. The summed E-state index contributed by atoms with van der Waals surface area (Å²) in [6, 6.07) is 8.23. The number of thiazole rings is 1. The predicted molar refractivity (Wildman–Crippen MR) is 89.3 cm³/mol. The van der Waals surface area contributed by atoms with E-state index in [1.165, 1.54) is 29.0 Å². The number of aromatic nitrogens is 1. The van der Waals surface area contributed by atoms with Gasteiger partial charge in [0.05, 0.1) is 11.4 Å². The molecule has 0 fully saturated rings. The number of carbonyl (C=O) groups is 1. The first-order chi connectivity index (χ1) is 10.2. The lowest BCUT2D eigenvalue weighted by atomic mass is 10.0. The van der Waals surface area contributed by atoms with Gasteiger partial charge in [-0.2, -0.15) is 0 Å². The molecule has 0 aliphatic heterocycles. The third-order valence-electron chi connectivity index (χ3n) is 3.48. The summed E-state index contributed by atoms with van der Waals surface area (Å²) in [6.07, 6.45) is 4.63. The third kappa shape index (κ3) is 3.86. The smallest absolute Gasteiger partial charge is 0.236 e. The van der Waals surface area contributed by atoms with Crippen molar-refractivity contribution in [3.63, 3.8) is 0 Å². The lowest BCUT2D eigenvalue weighted by Gasteiger charge is -2.06. The molecule has 3 rings (SSSR count). The van der Waals surface area contributed by atoms with Crippen LogP contribution in [0.4, 0.5) is 5.13 Å². The number of hydrogen-bond acceptors (Lipinski definition) is 4. The van der Waals surface area contributed by atoms with Gasteiger partial charge in [-0.05, 0) is 44.7 Å². The molecule has 0 bridgehead atoms.